The molecule has 4 nitrogen and oxygen atoms in total. The Morgan fingerprint density at radius 2 is 1.73 bits per heavy atom. The molecule has 0 radical (unpaired) electrons. The lowest BCUT2D eigenvalue weighted by atomic mass is 10.0. The van der Waals surface area contributed by atoms with Crippen molar-refractivity contribution in [3.8, 4) is 0 Å². The minimum atomic E-state index is -0.375. The number of benzene rings is 2. The molecule has 0 aliphatic carbocycles. The Labute approximate surface area is 129 Å². The van der Waals surface area contributed by atoms with Crippen LogP contribution in [-0.4, -0.2) is 24.1 Å². The van der Waals surface area contributed by atoms with Crippen LogP contribution >= 0.6 is 0 Å². The van der Waals surface area contributed by atoms with Gasteiger partial charge in [-0.15, -0.1) is 0 Å². The van der Waals surface area contributed by atoms with E-state index in [4.69, 9.17) is 10.3 Å². The van der Waals surface area contributed by atoms with Gasteiger partial charge in [-0.3, -0.25) is 0 Å². The lowest BCUT2D eigenvalue weighted by molar-refractivity contribution is -0.136. The van der Waals surface area contributed by atoms with Crippen molar-refractivity contribution < 1.29 is 14.3 Å². The average molecular weight is 292 g/mol. The fraction of sp³-hybridized carbons (Fsp3) is 0.111. The maximum atomic E-state index is 12.0. The lowest BCUT2D eigenvalue weighted by Gasteiger charge is -2.07. The number of ether oxygens (including phenoxy) is 1. The summed E-state index contributed by atoms with van der Waals surface area (Å²) < 4.78 is 4.87. The van der Waals surface area contributed by atoms with Crippen LogP contribution in [0.4, 0.5) is 0 Å². The van der Waals surface area contributed by atoms with Gasteiger partial charge in [-0.1, -0.05) is 48.5 Å². The molecule has 2 rings (SSSR count). The molecule has 0 amide bonds. The molecule has 0 aliphatic rings. The molecule has 22 heavy (non-hydrogen) atoms. The molecular formula is C18H16N2O2. The van der Waals surface area contributed by atoms with Gasteiger partial charge in [0.15, 0.2) is 0 Å². The van der Waals surface area contributed by atoms with E-state index in [-0.39, 0.29) is 5.97 Å². The third-order valence-electron chi connectivity index (χ3n) is 3.21. The highest BCUT2D eigenvalue weighted by Gasteiger charge is 2.12. The SMILES string of the molecule is COC(=O)/C(=C/c1ccccc1C=[N+]=[N-])Cc1ccccc1. The fourth-order valence-corrected chi connectivity index (χ4v) is 2.14. The van der Waals surface area contributed by atoms with Crippen LogP contribution in [0.3, 0.4) is 0 Å². The molecular weight excluding hydrogens is 276 g/mol. The largest absolute Gasteiger partial charge is 0.466 e. The van der Waals surface area contributed by atoms with E-state index >= 15 is 0 Å². The third-order valence-corrected chi connectivity index (χ3v) is 3.21. The molecule has 110 valence electrons. The Bertz CT molecular complexity index is 730. The monoisotopic (exact) mass is 292 g/mol. The number of hydrogen-bond donors (Lipinski definition) is 0. The Balaban J connectivity index is 2.41. The molecule has 0 heterocycles. The number of methoxy groups -OCH3 is 1. The van der Waals surface area contributed by atoms with Crippen LogP contribution < -0.4 is 0 Å². The van der Waals surface area contributed by atoms with Gasteiger partial charge in [0.2, 0.25) is 0 Å². The maximum Gasteiger partial charge on any atom is 0.334 e. The molecule has 0 saturated heterocycles. The summed E-state index contributed by atoms with van der Waals surface area (Å²) in [7, 11) is 1.36. The smallest absolute Gasteiger partial charge is 0.334 e. The highest BCUT2D eigenvalue weighted by atomic mass is 16.5. The Hall–Kier alpha value is -2.97. The molecule has 4 heteroatoms. The number of carbonyl (C=O) groups is 1. The molecule has 0 aliphatic heterocycles. The second kappa shape index (κ2) is 7.72. The Morgan fingerprint density at radius 1 is 1.09 bits per heavy atom. The molecule has 0 unspecified atom stereocenters. The zero-order chi connectivity index (χ0) is 15.8. The first kappa shape index (κ1) is 15.4. The van der Waals surface area contributed by atoms with E-state index in [0.29, 0.717) is 12.0 Å². The minimum absolute atomic E-state index is 0.375. The topological polar surface area (TPSA) is 62.7 Å². The summed E-state index contributed by atoms with van der Waals surface area (Å²) in [4.78, 5) is 15.1. The number of hydrogen-bond acceptors (Lipinski definition) is 2. The molecule has 0 bridgehead atoms. The van der Waals surface area contributed by atoms with Crippen LogP contribution in [0, 0.1) is 0 Å². The van der Waals surface area contributed by atoms with Crippen molar-refractivity contribution in [3.63, 3.8) is 0 Å². The highest BCUT2D eigenvalue weighted by molar-refractivity contribution is 5.95. The quantitative estimate of drug-likeness (QED) is 0.279. The molecule has 0 N–H and O–H groups in total. The summed E-state index contributed by atoms with van der Waals surface area (Å²) in [6, 6.07) is 17.1. The van der Waals surface area contributed by atoms with Crippen molar-refractivity contribution in [2.24, 2.45) is 0 Å². The van der Waals surface area contributed by atoms with Gasteiger partial charge < -0.3 is 10.3 Å². The van der Waals surface area contributed by atoms with Gasteiger partial charge in [-0.2, -0.15) is 4.79 Å². The van der Waals surface area contributed by atoms with Crippen molar-refractivity contribution in [3.05, 3.63) is 82.4 Å². The molecule has 2 aromatic rings. The fourth-order valence-electron chi connectivity index (χ4n) is 2.14. The van der Waals surface area contributed by atoms with Crippen LogP contribution in [0.25, 0.3) is 11.6 Å². The first-order chi connectivity index (χ1) is 10.7. The Morgan fingerprint density at radius 3 is 2.36 bits per heavy atom. The van der Waals surface area contributed by atoms with Crippen LogP contribution in [0.2, 0.25) is 0 Å². The van der Waals surface area contributed by atoms with Gasteiger partial charge >= 0.3 is 5.97 Å². The molecule has 0 saturated carbocycles. The van der Waals surface area contributed by atoms with Crippen molar-refractivity contribution in [1.29, 1.82) is 0 Å². The zero-order valence-corrected chi connectivity index (χ0v) is 12.3. The Kier molecular flexibility index (Phi) is 5.41. The number of rotatable bonds is 5. The van der Waals surface area contributed by atoms with E-state index in [2.05, 4.69) is 4.79 Å². The molecule has 0 atom stereocenters. The standard InChI is InChI=1S/C18H16N2O2/c1-22-18(21)17(11-14-7-3-2-4-8-14)12-15-9-5-6-10-16(15)13-20-19/h2-10,12-13H,11H2,1H3/b17-12+. The summed E-state index contributed by atoms with van der Waals surface area (Å²) >= 11 is 0. The van der Waals surface area contributed by atoms with Gasteiger partial charge in [-0.05, 0) is 23.3 Å². The van der Waals surface area contributed by atoms with Gasteiger partial charge in [0.25, 0.3) is 6.21 Å². The summed E-state index contributed by atoms with van der Waals surface area (Å²) in [6.07, 6.45) is 3.57. The van der Waals surface area contributed by atoms with Crippen LogP contribution in [0.15, 0.2) is 60.2 Å². The number of carbonyl (C=O) groups excluding carboxylic acids is 1. The first-order valence-electron chi connectivity index (χ1n) is 6.84. The maximum absolute atomic E-state index is 12.0. The van der Waals surface area contributed by atoms with Gasteiger partial charge in [0, 0.05) is 12.0 Å². The van der Waals surface area contributed by atoms with Crippen LogP contribution in [0.5, 0.6) is 0 Å². The van der Waals surface area contributed by atoms with Crippen LogP contribution in [0.1, 0.15) is 16.7 Å². The highest BCUT2D eigenvalue weighted by Crippen LogP contribution is 2.16. The summed E-state index contributed by atoms with van der Waals surface area (Å²) in [5.41, 5.74) is 11.8. The molecule has 2 aromatic carbocycles. The average Bonchev–Trinajstić information content (AvgIpc) is 2.56. The summed E-state index contributed by atoms with van der Waals surface area (Å²) in [5, 5.41) is 0. The van der Waals surface area contributed by atoms with Crippen molar-refractivity contribution in [1.82, 2.24) is 0 Å². The molecule has 0 spiro atoms. The van der Waals surface area contributed by atoms with Crippen molar-refractivity contribution >= 4 is 18.3 Å². The third kappa shape index (κ3) is 4.01. The normalized spacial score (nSPS) is 10.7. The van der Waals surface area contributed by atoms with E-state index in [1.165, 1.54) is 13.3 Å². The van der Waals surface area contributed by atoms with Crippen LogP contribution in [-0.2, 0) is 16.0 Å². The van der Waals surface area contributed by atoms with E-state index in [9.17, 15) is 4.79 Å². The van der Waals surface area contributed by atoms with Gasteiger partial charge in [0.05, 0.1) is 12.7 Å². The zero-order valence-electron chi connectivity index (χ0n) is 12.3. The van der Waals surface area contributed by atoms with E-state index in [1.807, 2.05) is 54.6 Å². The number of esters is 1. The first-order valence-corrected chi connectivity index (χ1v) is 6.84. The minimum Gasteiger partial charge on any atom is -0.466 e. The van der Waals surface area contributed by atoms with Gasteiger partial charge in [-0.25, -0.2) is 4.79 Å². The van der Waals surface area contributed by atoms with E-state index in [1.54, 1.807) is 6.08 Å². The summed E-state index contributed by atoms with van der Waals surface area (Å²) in [6.45, 7) is 0. The van der Waals surface area contributed by atoms with Crippen molar-refractivity contribution in [2.45, 2.75) is 6.42 Å². The molecule has 0 fully saturated rings. The van der Waals surface area contributed by atoms with Gasteiger partial charge in [0.1, 0.15) is 0 Å². The second-order valence-corrected chi connectivity index (χ2v) is 4.70. The second-order valence-electron chi connectivity index (χ2n) is 4.70. The molecule has 0 aromatic heterocycles. The predicted octanol–water partition coefficient (Wildman–Crippen LogP) is 3.13. The summed E-state index contributed by atoms with van der Waals surface area (Å²) in [5.74, 6) is -0.375. The van der Waals surface area contributed by atoms with Crippen molar-refractivity contribution in [2.75, 3.05) is 7.11 Å². The lowest BCUT2D eigenvalue weighted by Crippen LogP contribution is -2.07. The van der Waals surface area contributed by atoms with E-state index in [0.717, 1.165) is 16.7 Å². The number of nitrogens with zero attached hydrogens (tertiary/aromatic N) is 2. The predicted molar refractivity (Wildman–Crippen MR) is 85.4 cm³/mol. The van der Waals surface area contributed by atoms with E-state index < -0.39 is 0 Å².